The van der Waals surface area contributed by atoms with Crippen LogP contribution in [0.5, 0.6) is 0 Å². The topological polar surface area (TPSA) is 165 Å². The lowest BCUT2D eigenvalue weighted by Gasteiger charge is -2.39. The normalized spacial score (nSPS) is 19.6. The molecular weight excluding hydrogens is 519 g/mol. The summed E-state index contributed by atoms with van der Waals surface area (Å²) < 4.78 is 25.7. The fourth-order valence-electron chi connectivity index (χ4n) is 4.30. The second-order valence-electron chi connectivity index (χ2n) is 9.68. The SMILES string of the molecule is CC1(C(N)C(=O)c2ccccc2)COC(c2nc(-c3ccc(F)cc3)c(-c3ccnc(NCC(=O)O)n3)[nH]2)OC1. The first kappa shape index (κ1) is 27.1. The third kappa shape index (κ3) is 5.73. The molecule has 0 bridgehead atoms. The highest BCUT2D eigenvalue weighted by Crippen LogP contribution is 2.37. The van der Waals surface area contributed by atoms with E-state index in [1.807, 2.05) is 13.0 Å². The number of ketones is 1. The van der Waals surface area contributed by atoms with Crippen LogP contribution < -0.4 is 11.1 Å². The molecule has 0 aliphatic carbocycles. The number of rotatable bonds is 9. The number of H-pyrrole nitrogens is 1. The Morgan fingerprint density at radius 1 is 1.12 bits per heavy atom. The molecule has 4 aromatic rings. The highest BCUT2D eigenvalue weighted by Gasteiger charge is 2.42. The summed E-state index contributed by atoms with van der Waals surface area (Å²) in [6, 6.07) is 15.4. The summed E-state index contributed by atoms with van der Waals surface area (Å²) in [6.45, 7) is 1.74. The van der Waals surface area contributed by atoms with Crippen molar-refractivity contribution in [3.8, 4) is 22.6 Å². The van der Waals surface area contributed by atoms with Gasteiger partial charge in [0, 0.05) is 22.7 Å². The molecule has 11 nitrogen and oxygen atoms in total. The largest absolute Gasteiger partial charge is 0.480 e. The van der Waals surface area contributed by atoms with Crippen LogP contribution in [0.4, 0.5) is 10.3 Å². The minimum absolute atomic E-state index is 0.110. The van der Waals surface area contributed by atoms with E-state index in [4.69, 9.17) is 20.3 Å². The highest BCUT2D eigenvalue weighted by molar-refractivity contribution is 6.00. The maximum Gasteiger partial charge on any atom is 0.322 e. The van der Waals surface area contributed by atoms with Crippen molar-refractivity contribution in [2.24, 2.45) is 11.1 Å². The summed E-state index contributed by atoms with van der Waals surface area (Å²) in [5, 5.41) is 11.6. The fourth-order valence-corrected chi connectivity index (χ4v) is 4.30. The summed E-state index contributed by atoms with van der Waals surface area (Å²) >= 11 is 0. The highest BCUT2D eigenvalue weighted by atomic mass is 19.1. The number of carboxylic acids is 1. The van der Waals surface area contributed by atoms with Crippen LogP contribution in [0.2, 0.25) is 0 Å². The van der Waals surface area contributed by atoms with Gasteiger partial charge in [0.2, 0.25) is 12.2 Å². The molecule has 12 heteroatoms. The zero-order valence-corrected chi connectivity index (χ0v) is 21.5. The first-order valence-corrected chi connectivity index (χ1v) is 12.5. The van der Waals surface area contributed by atoms with Gasteiger partial charge in [-0.2, -0.15) is 0 Å². The Morgan fingerprint density at radius 2 is 1.82 bits per heavy atom. The van der Waals surface area contributed by atoms with Crippen molar-refractivity contribution in [2.45, 2.75) is 19.3 Å². The Labute approximate surface area is 228 Å². The molecule has 5 N–H and O–H groups in total. The van der Waals surface area contributed by atoms with E-state index >= 15 is 0 Å². The summed E-state index contributed by atoms with van der Waals surface area (Å²) in [5.41, 5.74) is 8.05. The minimum Gasteiger partial charge on any atom is -0.480 e. The number of aromatic amines is 1. The number of benzene rings is 2. The number of ether oxygens (including phenoxy) is 2. The molecule has 0 saturated carbocycles. The molecule has 206 valence electrons. The van der Waals surface area contributed by atoms with Crippen LogP contribution in [0.3, 0.4) is 0 Å². The first-order chi connectivity index (χ1) is 19.2. The number of aliphatic carboxylic acids is 1. The van der Waals surface area contributed by atoms with E-state index in [0.717, 1.165) is 0 Å². The van der Waals surface area contributed by atoms with Crippen LogP contribution in [0.1, 0.15) is 29.4 Å². The summed E-state index contributed by atoms with van der Waals surface area (Å²) in [5.74, 6) is -1.22. The Morgan fingerprint density at radius 3 is 2.50 bits per heavy atom. The van der Waals surface area contributed by atoms with E-state index < -0.39 is 29.5 Å². The molecule has 0 spiro atoms. The summed E-state index contributed by atoms with van der Waals surface area (Å²) in [6.07, 6.45) is 0.581. The first-order valence-electron chi connectivity index (χ1n) is 12.5. The Bertz CT molecular complexity index is 1500. The van der Waals surface area contributed by atoms with Crippen molar-refractivity contribution in [2.75, 3.05) is 25.1 Å². The molecule has 3 heterocycles. The molecule has 1 unspecified atom stereocenters. The summed E-state index contributed by atoms with van der Waals surface area (Å²) in [7, 11) is 0. The zero-order chi connectivity index (χ0) is 28.3. The number of nitrogens with one attached hydrogen (secondary N) is 2. The quantitative estimate of drug-likeness (QED) is 0.229. The molecule has 1 aliphatic rings. The number of anilines is 1. The average molecular weight is 547 g/mol. The van der Waals surface area contributed by atoms with Crippen LogP contribution >= 0.6 is 0 Å². The zero-order valence-electron chi connectivity index (χ0n) is 21.5. The molecule has 1 aliphatic heterocycles. The van der Waals surface area contributed by atoms with Gasteiger partial charge in [0.25, 0.3) is 0 Å². The number of carbonyl (C=O) groups excluding carboxylic acids is 1. The average Bonchev–Trinajstić information content (AvgIpc) is 3.42. The summed E-state index contributed by atoms with van der Waals surface area (Å²) in [4.78, 5) is 40.3. The number of carboxylic acid groups (broad SMARTS) is 1. The number of Topliss-reactive ketones (excluding diaryl/α,β-unsaturated/α-hetero) is 1. The van der Waals surface area contributed by atoms with E-state index in [1.165, 1.54) is 18.3 Å². The molecule has 1 fully saturated rings. The van der Waals surface area contributed by atoms with Gasteiger partial charge >= 0.3 is 5.97 Å². The smallest absolute Gasteiger partial charge is 0.322 e. The maximum absolute atomic E-state index is 13.6. The Kier molecular flexibility index (Phi) is 7.65. The van der Waals surface area contributed by atoms with E-state index in [-0.39, 0.29) is 31.5 Å². The third-order valence-electron chi connectivity index (χ3n) is 6.59. The molecular formula is C28H27FN6O5. The second kappa shape index (κ2) is 11.3. The minimum atomic E-state index is -1.06. The van der Waals surface area contributed by atoms with E-state index in [0.29, 0.717) is 34.0 Å². The lowest BCUT2D eigenvalue weighted by atomic mass is 9.80. The number of carbonyl (C=O) groups is 2. The van der Waals surface area contributed by atoms with Gasteiger partial charge in [0.05, 0.1) is 36.3 Å². The van der Waals surface area contributed by atoms with Crippen molar-refractivity contribution in [1.29, 1.82) is 0 Å². The van der Waals surface area contributed by atoms with Gasteiger partial charge in [-0.05, 0) is 30.3 Å². The number of nitrogens with two attached hydrogens (primary N) is 1. The Hall–Kier alpha value is -4.52. The van der Waals surface area contributed by atoms with Crippen LogP contribution in [-0.4, -0.2) is 62.6 Å². The molecule has 0 amide bonds. The van der Waals surface area contributed by atoms with E-state index in [9.17, 15) is 14.0 Å². The number of aromatic nitrogens is 4. The molecule has 5 rings (SSSR count). The number of hydrogen-bond acceptors (Lipinski definition) is 9. The van der Waals surface area contributed by atoms with Crippen molar-refractivity contribution in [3.05, 3.63) is 84.1 Å². The molecule has 1 saturated heterocycles. The van der Waals surface area contributed by atoms with Crippen molar-refractivity contribution in [3.63, 3.8) is 0 Å². The van der Waals surface area contributed by atoms with E-state index in [2.05, 4.69) is 25.3 Å². The Balaban J connectivity index is 1.40. The predicted octanol–water partition coefficient (Wildman–Crippen LogP) is 3.43. The number of halogens is 1. The lowest BCUT2D eigenvalue weighted by molar-refractivity contribution is -0.235. The van der Waals surface area contributed by atoms with Gasteiger partial charge in [-0.15, -0.1) is 0 Å². The van der Waals surface area contributed by atoms with Crippen molar-refractivity contribution >= 4 is 17.7 Å². The van der Waals surface area contributed by atoms with Gasteiger partial charge in [0.15, 0.2) is 11.6 Å². The van der Waals surface area contributed by atoms with Crippen LogP contribution in [0.15, 0.2) is 66.9 Å². The third-order valence-corrected chi connectivity index (χ3v) is 6.59. The van der Waals surface area contributed by atoms with Gasteiger partial charge in [-0.3, -0.25) is 9.59 Å². The second-order valence-corrected chi connectivity index (χ2v) is 9.68. The molecule has 1 atom stereocenters. The number of imidazole rings is 1. The van der Waals surface area contributed by atoms with Gasteiger partial charge < -0.3 is 30.6 Å². The number of nitrogens with zero attached hydrogens (tertiary/aromatic N) is 3. The van der Waals surface area contributed by atoms with Crippen LogP contribution in [0.25, 0.3) is 22.6 Å². The maximum atomic E-state index is 13.6. The lowest BCUT2D eigenvalue weighted by Crippen LogP contribution is -2.53. The molecule has 2 aromatic carbocycles. The van der Waals surface area contributed by atoms with Crippen LogP contribution in [-0.2, 0) is 14.3 Å². The molecule has 0 radical (unpaired) electrons. The fraction of sp³-hybridized carbons (Fsp3) is 0.250. The van der Waals surface area contributed by atoms with Gasteiger partial charge in [0.1, 0.15) is 12.4 Å². The van der Waals surface area contributed by atoms with E-state index in [1.54, 1.807) is 42.5 Å². The predicted molar refractivity (Wildman–Crippen MR) is 143 cm³/mol. The van der Waals surface area contributed by atoms with Crippen molar-refractivity contribution < 1.29 is 28.6 Å². The van der Waals surface area contributed by atoms with Crippen molar-refractivity contribution in [1.82, 2.24) is 19.9 Å². The monoisotopic (exact) mass is 546 g/mol. The molecule has 2 aromatic heterocycles. The standard InChI is InChI=1S/C28H27FN6O5/c1-28(24(30)23(38)17-5-3-2-4-6-17)14-39-26(40-15-28)25-34-21(16-7-9-18(29)10-8-16)22(35-25)19-11-12-31-27(33-19)32-13-20(36)37/h2-12,24,26H,13-15,30H2,1H3,(H,34,35)(H,36,37)(H,31,32,33). The van der Waals surface area contributed by atoms with Gasteiger partial charge in [-0.1, -0.05) is 37.3 Å². The van der Waals surface area contributed by atoms with Gasteiger partial charge in [-0.25, -0.2) is 19.3 Å². The molecule has 40 heavy (non-hydrogen) atoms. The van der Waals surface area contributed by atoms with Crippen LogP contribution in [0, 0.1) is 11.2 Å². The number of hydrogen-bond donors (Lipinski definition) is 4.